The van der Waals surface area contributed by atoms with Crippen LogP contribution in [0.2, 0.25) is 0 Å². The van der Waals surface area contributed by atoms with Crippen LogP contribution in [0.15, 0.2) is 29.0 Å². The quantitative estimate of drug-likeness (QED) is 0.882. The second-order valence-corrected chi connectivity index (χ2v) is 4.82. The van der Waals surface area contributed by atoms with Gasteiger partial charge in [-0.1, -0.05) is 19.0 Å². The van der Waals surface area contributed by atoms with Crippen LogP contribution in [0, 0.1) is 12.8 Å². The van der Waals surface area contributed by atoms with Crippen LogP contribution in [0.25, 0.3) is 0 Å². The van der Waals surface area contributed by atoms with E-state index in [4.69, 9.17) is 10.3 Å². The van der Waals surface area contributed by atoms with Crippen LogP contribution < -0.4 is 5.73 Å². The van der Waals surface area contributed by atoms with Crippen LogP contribution >= 0.6 is 0 Å². The maximum Gasteiger partial charge on any atom is 0.156 e. The van der Waals surface area contributed by atoms with Crippen LogP contribution in [0.5, 0.6) is 0 Å². The zero-order valence-electron chi connectivity index (χ0n) is 10.6. The Labute approximate surface area is 101 Å². The highest BCUT2D eigenvalue weighted by molar-refractivity contribution is 5.16. The molecule has 92 valence electrons. The Morgan fingerprint density at radius 3 is 2.82 bits per heavy atom. The molecular weight excluding hydrogens is 214 g/mol. The molecule has 2 aromatic heterocycles. The van der Waals surface area contributed by atoms with Gasteiger partial charge in [0.15, 0.2) is 5.76 Å². The average Bonchev–Trinajstić information content (AvgIpc) is 2.87. The Bertz CT molecular complexity index is 484. The van der Waals surface area contributed by atoms with Gasteiger partial charge >= 0.3 is 0 Å². The molecule has 1 atom stereocenters. The van der Waals surface area contributed by atoms with E-state index in [1.807, 2.05) is 19.2 Å². The van der Waals surface area contributed by atoms with Crippen LogP contribution in [-0.4, -0.2) is 9.72 Å². The lowest BCUT2D eigenvalue weighted by Crippen LogP contribution is -2.15. The van der Waals surface area contributed by atoms with Crippen molar-refractivity contribution in [3.8, 4) is 0 Å². The number of aryl methyl sites for hydroxylation is 1. The molecule has 2 N–H and O–H groups in total. The summed E-state index contributed by atoms with van der Waals surface area (Å²) in [4.78, 5) is 0. The second-order valence-electron chi connectivity index (χ2n) is 4.82. The lowest BCUT2D eigenvalue weighted by molar-refractivity contribution is 0.373. The summed E-state index contributed by atoms with van der Waals surface area (Å²) < 4.78 is 7.25. The van der Waals surface area contributed by atoms with Crippen molar-refractivity contribution in [1.82, 2.24) is 9.72 Å². The highest BCUT2D eigenvalue weighted by Gasteiger charge is 2.12. The summed E-state index contributed by atoms with van der Waals surface area (Å²) in [7, 11) is 0. The molecule has 0 spiro atoms. The minimum atomic E-state index is 0.0905. The molecule has 1 unspecified atom stereocenters. The highest BCUT2D eigenvalue weighted by atomic mass is 16.5. The van der Waals surface area contributed by atoms with E-state index in [-0.39, 0.29) is 6.04 Å². The van der Waals surface area contributed by atoms with Crippen LogP contribution in [0.3, 0.4) is 0 Å². The Morgan fingerprint density at radius 1 is 1.47 bits per heavy atom. The van der Waals surface area contributed by atoms with Gasteiger partial charge in [0, 0.05) is 24.5 Å². The lowest BCUT2D eigenvalue weighted by Gasteiger charge is -2.13. The standard InChI is InChI=1S/C13H19N3O/c1-9(2)13(14)11-4-5-16(7-11)8-12-6-10(3)15-17-12/h4-7,9,13H,8,14H2,1-3H3. The molecule has 0 aliphatic carbocycles. The summed E-state index contributed by atoms with van der Waals surface area (Å²) in [6.07, 6.45) is 4.10. The SMILES string of the molecule is Cc1cc(Cn2ccc(C(N)C(C)C)c2)on1. The Balaban J connectivity index is 2.08. The van der Waals surface area contributed by atoms with Gasteiger partial charge in [0.25, 0.3) is 0 Å². The van der Waals surface area contributed by atoms with Crippen LogP contribution in [0.4, 0.5) is 0 Å². The topological polar surface area (TPSA) is 57.0 Å². The minimum Gasteiger partial charge on any atom is -0.359 e. The molecule has 0 fully saturated rings. The van der Waals surface area contributed by atoms with Gasteiger partial charge in [-0.2, -0.15) is 0 Å². The van der Waals surface area contributed by atoms with E-state index in [9.17, 15) is 0 Å². The van der Waals surface area contributed by atoms with Crippen LogP contribution in [-0.2, 0) is 6.54 Å². The molecule has 2 aromatic rings. The molecule has 0 amide bonds. The number of rotatable bonds is 4. The first-order valence-corrected chi connectivity index (χ1v) is 5.89. The zero-order valence-corrected chi connectivity index (χ0v) is 10.6. The molecule has 2 heterocycles. The fraction of sp³-hybridized carbons (Fsp3) is 0.462. The van der Waals surface area contributed by atoms with E-state index in [0.29, 0.717) is 12.5 Å². The molecule has 17 heavy (non-hydrogen) atoms. The Hall–Kier alpha value is -1.55. The van der Waals surface area contributed by atoms with Gasteiger partial charge in [0.1, 0.15) is 0 Å². The van der Waals surface area contributed by atoms with Crippen LogP contribution in [0.1, 0.15) is 36.9 Å². The predicted octanol–water partition coefficient (Wildman–Crippen LogP) is 2.49. The number of nitrogens with two attached hydrogens (primary N) is 1. The van der Waals surface area contributed by atoms with Crippen molar-refractivity contribution < 1.29 is 4.52 Å². The second kappa shape index (κ2) is 4.75. The maximum atomic E-state index is 6.10. The number of nitrogens with zero attached hydrogens (tertiary/aromatic N) is 2. The third-order valence-electron chi connectivity index (χ3n) is 2.89. The smallest absolute Gasteiger partial charge is 0.156 e. The first kappa shape index (κ1) is 11.9. The van der Waals surface area contributed by atoms with E-state index in [1.165, 1.54) is 0 Å². The van der Waals surface area contributed by atoms with Crippen molar-refractivity contribution in [3.05, 3.63) is 41.5 Å². The van der Waals surface area contributed by atoms with Crippen molar-refractivity contribution in [2.75, 3.05) is 0 Å². The molecular formula is C13H19N3O. The summed E-state index contributed by atoms with van der Waals surface area (Å²) in [5, 5.41) is 3.87. The third-order valence-corrected chi connectivity index (χ3v) is 2.89. The summed E-state index contributed by atoms with van der Waals surface area (Å²) in [5.41, 5.74) is 8.17. The predicted molar refractivity (Wildman–Crippen MR) is 66.5 cm³/mol. The van der Waals surface area contributed by atoms with Crippen molar-refractivity contribution in [2.45, 2.75) is 33.4 Å². The van der Waals surface area contributed by atoms with Crippen molar-refractivity contribution in [2.24, 2.45) is 11.7 Å². The summed E-state index contributed by atoms with van der Waals surface area (Å²) in [6.45, 7) is 6.87. The molecule has 0 aliphatic rings. The zero-order chi connectivity index (χ0) is 12.4. The summed E-state index contributed by atoms with van der Waals surface area (Å²) in [6, 6.07) is 4.10. The molecule has 4 nitrogen and oxygen atoms in total. The molecule has 0 radical (unpaired) electrons. The van der Waals surface area contributed by atoms with Gasteiger partial charge in [0.05, 0.1) is 12.2 Å². The Kier molecular flexibility index (Phi) is 3.33. The molecule has 4 heteroatoms. The van der Waals surface area contributed by atoms with E-state index < -0.39 is 0 Å². The Morgan fingerprint density at radius 2 is 2.24 bits per heavy atom. The number of aromatic nitrogens is 2. The van der Waals surface area contributed by atoms with Gasteiger partial charge in [-0.25, -0.2) is 0 Å². The van der Waals surface area contributed by atoms with Crippen molar-refractivity contribution >= 4 is 0 Å². The van der Waals surface area contributed by atoms with Gasteiger partial charge < -0.3 is 14.8 Å². The van der Waals surface area contributed by atoms with Gasteiger partial charge in [-0.15, -0.1) is 0 Å². The van der Waals surface area contributed by atoms with Gasteiger partial charge in [-0.3, -0.25) is 0 Å². The third kappa shape index (κ3) is 2.77. The van der Waals surface area contributed by atoms with Crippen molar-refractivity contribution in [1.29, 1.82) is 0 Å². The first-order chi connectivity index (χ1) is 8.06. The average molecular weight is 233 g/mol. The molecule has 0 bridgehead atoms. The van der Waals surface area contributed by atoms with Crippen molar-refractivity contribution in [3.63, 3.8) is 0 Å². The van der Waals surface area contributed by atoms with Gasteiger partial charge in [0.2, 0.25) is 0 Å². The molecule has 0 aliphatic heterocycles. The highest BCUT2D eigenvalue weighted by Crippen LogP contribution is 2.19. The number of hydrogen-bond donors (Lipinski definition) is 1. The normalized spacial score (nSPS) is 13.2. The maximum absolute atomic E-state index is 6.10. The number of hydrogen-bond acceptors (Lipinski definition) is 3. The van der Waals surface area contributed by atoms with Gasteiger partial charge in [-0.05, 0) is 24.5 Å². The van der Waals surface area contributed by atoms with E-state index in [0.717, 1.165) is 17.0 Å². The fourth-order valence-electron chi connectivity index (χ4n) is 1.81. The first-order valence-electron chi connectivity index (χ1n) is 5.89. The van der Waals surface area contributed by atoms with E-state index in [2.05, 4.69) is 35.8 Å². The summed E-state index contributed by atoms with van der Waals surface area (Å²) >= 11 is 0. The molecule has 2 rings (SSSR count). The molecule has 0 aromatic carbocycles. The summed E-state index contributed by atoms with van der Waals surface area (Å²) in [5.74, 6) is 1.31. The molecule has 0 saturated carbocycles. The lowest BCUT2D eigenvalue weighted by atomic mass is 10.00. The van der Waals surface area contributed by atoms with E-state index in [1.54, 1.807) is 0 Å². The fourth-order valence-corrected chi connectivity index (χ4v) is 1.81. The minimum absolute atomic E-state index is 0.0905. The molecule has 0 saturated heterocycles. The van der Waals surface area contributed by atoms with E-state index >= 15 is 0 Å². The monoisotopic (exact) mass is 233 g/mol. The largest absolute Gasteiger partial charge is 0.359 e.